The molecule has 0 aliphatic heterocycles. The van der Waals surface area contributed by atoms with Crippen molar-refractivity contribution in [3.63, 3.8) is 0 Å². The van der Waals surface area contributed by atoms with Gasteiger partial charge in [-0.1, -0.05) is 45.7 Å². The third-order valence-electron chi connectivity index (χ3n) is 2.63. The molecule has 0 aliphatic rings. The van der Waals surface area contributed by atoms with Crippen LogP contribution in [0.15, 0.2) is 46.9 Å². The van der Waals surface area contributed by atoms with E-state index in [1.165, 1.54) is 0 Å². The van der Waals surface area contributed by atoms with Crippen LogP contribution in [0.3, 0.4) is 0 Å². The van der Waals surface area contributed by atoms with Crippen molar-refractivity contribution in [2.75, 3.05) is 5.73 Å². The fourth-order valence-electron chi connectivity index (χ4n) is 1.62. The SMILES string of the molecule is Nc1ccc(C(=O)Cc2ccccc2Br)cc1Cl. The number of hydrogen-bond acceptors (Lipinski definition) is 2. The molecule has 0 saturated heterocycles. The Balaban J connectivity index is 2.22. The molecular weight excluding hydrogens is 314 g/mol. The number of carbonyl (C=O) groups excluding carboxylic acids is 1. The summed E-state index contributed by atoms with van der Waals surface area (Å²) in [5.74, 6) is 0.0174. The van der Waals surface area contributed by atoms with Gasteiger partial charge in [-0.25, -0.2) is 0 Å². The van der Waals surface area contributed by atoms with Crippen molar-refractivity contribution in [1.82, 2.24) is 0 Å². The van der Waals surface area contributed by atoms with Crippen molar-refractivity contribution in [3.8, 4) is 0 Å². The molecule has 2 nitrogen and oxygen atoms in total. The Bertz CT molecular complexity index is 598. The van der Waals surface area contributed by atoms with E-state index < -0.39 is 0 Å². The molecule has 2 aromatic rings. The van der Waals surface area contributed by atoms with Gasteiger partial charge in [-0.2, -0.15) is 0 Å². The maximum Gasteiger partial charge on any atom is 0.167 e. The van der Waals surface area contributed by atoms with E-state index in [1.54, 1.807) is 18.2 Å². The summed E-state index contributed by atoms with van der Waals surface area (Å²) in [5.41, 5.74) is 7.62. The molecule has 0 saturated carbocycles. The van der Waals surface area contributed by atoms with Crippen LogP contribution < -0.4 is 5.73 Å². The average molecular weight is 325 g/mol. The highest BCUT2D eigenvalue weighted by Crippen LogP contribution is 2.22. The van der Waals surface area contributed by atoms with Gasteiger partial charge in [0.1, 0.15) is 0 Å². The van der Waals surface area contributed by atoms with Crippen molar-refractivity contribution in [2.24, 2.45) is 0 Å². The molecular formula is C14H11BrClNO. The van der Waals surface area contributed by atoms with Gasteiger partial charge in [0.25, 0.3) is 0 Å². The number of hydrogen-bond donors (Lipinski definition) is 1. The minimum absolute atomic E-state index is 0.0174. The standard InChI is InChI=1S/C14H11BrClNO/c15-11-4-2-1-3-9(11)8-14(18)10-5-6-13(17)12(16)7-10/h1-7H,8,17H2. The summed E-state index contributed by atoms with van der Waals surface area (Å²) >= 11 is 9.33. The van der Waals surface area contributed by atoms with Gasteiger partial charge in [-0.15, -0.1) is 0 Å². The largest absolute Gasteiger partial charge is 0.398 e. The molecule has 2 rings (SSSR count). The van der Waals surface area contributed by atoms with Crippen LogP contribution in [-0.4, -0.2) is 5.78 Å². The Morgan fingerprint density at radius 3 is 2.61 bits per heavy atom. The van der Waals surface area contributed by atoms with Crippen LogP contribution in [0.1, 0.15) is 15.9 Å². The van der Waals surface area contributed by atoms with E-state index in [-0.39, 0.29) is 5.78 Å². The van der Waals surface area contributed by atoms with Crippen molar-refractivity contribution in [3.05, 3.63) is 63.1 Å². The lowest BCUT2D eigenvalue weighted by atomic mass is 10.0. The zero-order valence-corrected chi connectivity index (χ0v) is 11.8. The molecule has 0 radical (unpaired) electrons. The smallest absolute Gasteiger partial charge is 0.167 e. The highest BCUT2D eigenvalue weighted by Gasteiger charge is 2.10. The summed E-state index contributed by atoms with van der Waals surface area (Å²) in [6.45, 7) is 0. The number of halogens is 2. The number of nitrogens with two attached hydrogens (primary N) is 1. The average Bonchev–Trinajstić information content (AvgIpc) is 2.35. The zero-order chi connectivity index (χ0) is 13.1. The second-order valence-electron chi connectivity index (χ2n) is 3.93. The van der Waals surface area contributed by atoms with Gasteiger partial charge < -0.3 is 5.73 Å². The summed E-state index contributed by atoms with van der Waals surface area (Å²) < 4.78 is 0.930. The third kappa shape index (κ3) is 2.92. The first kappa shape index (κ1) is 13.1. The van der Waals surface area contributed by atoms with E-state index in [0.29, 0.717) is 22.7 Å². The Morgan fingerprint density at radius 1 is 1.22 bits per heavy atom. The van der Waals surface area contributed by atoms with Crippen LogP contribution in [0.4, 0.5) is 5.69 Å². The molecule has 0 bridgehead atoms. The quantitative estimate of drug-likeness (QED) is 0.682. The van der Waals surface area contributed by atoms with E-state index in [9.17, 15) is 4.79 Å². The molecule has 92 valence electrons. The van der Waals surface area contributed by atoms with Crippen LogP contribution in [0.25, 0.3) is 0 Å². The van der Waals surface area contributed by atoms with E-state index in [4.69, 9.17) is 17.3 Å². The summed E-state index contributed by atoms with van der Waals surface area (Å²) in [5, 5.41) is 0.410. The molecule has 0 amide bonds. The Hall–Kier alpha value is -1.32. The Kier molecular flexibility index (Phi) is 4.04. The van der Waals surface area contributed by atoms with Crippen LogP contribution >= 0.6 is 27.5 Å². The van der Waals surface area contributed by atoms with Gasteiger partial charge in [0.05, 0.1) is 10.7 Å². The first-order valence-electron chi connectivity index (χ1n) is 5.39. The maximum absolute atomic E-state index is 12.1. The number of benzene rings is 2. The number of nitrogen functional groups attached to an aromatic ring is 1. The van der Waals surface area contributed by atoms with Crippen LogP contribution in [0.5, 0.6) is 0 Å². The minimum Gasteiger partial charge on any atom is -0.398 e. The van der Waals surface area contributed by atoms with Crippen LogP contribution in [0.2, 0.25) is 5.02 Å². The van der Waals surface area contributed by atoms with Crippen molar-refractivity contribution in [2.45, 2.75) is 6.42 Å². The van der Waals surface area contributed by atoms with Crippen molar-refractivity contribution >= 4 is 39.0 Å². The van der Waals surface area contributed by atoms with Crippen molar-refractivity contribution < 1.29 is 4.79 Å². The summed E-state index contributed by atoms with van der Waals surface area (Å²) in [6.07, 6.45) is 0.335. The summed E-state index contributed by atoms with van der Waals surface area (Å²) in [4.78, 5) is 12.1. The molecule has 0 atom stereocenters. The normalized spacial score (nSPS) is 10.3. The van der Waals surface area contributed by atoms with E-state index in [0.717, 1.165) is 10.0 Å². The molecule has 2 N–H and O–H groups in total. The second kappa shape index (κ2) is 5.55. The van der Waals surface area contributed by atoms with Gasteiger partial charge in [0, 0.05) is 16.5 Å². The van der Waals surface area contributed by atoms with E-state index >= 15 is 0 Å². The van der Waals surface area contributed by atoms with Crippen LogP contribution in [-0.2, 0) is 6.42 Å². The van der Waals surface area contributed by atoms with E-state index in [1.807, 2.05) is 24.3 Å². The summed E-state index contributed by atoms with van der Waals surface area (Å²) in [6, 6.07) is 12.6. The van der Waals surface area contributed by atoms with Gasteiger partial charge in [-0.05, 0) is 29.8 Å². The number of carbonyl (C=O) groups is 1. The predicted octanol–water partition coefficient (Wildman–Crippen LogP) is 4.11. The lowest BCUT2D eigenvalue weighted by molar-refractivity contribution is 0.0993. The highest BCUT2D eigenvalue weighted by atomic mass is 79.9. The predicted molar refractivity (Wildman–Crippen MR) is 78.0 cm³/mol. The first-order chi connectivity index (χ1) is 8.58. The van der Waals surface area contributed by atoms with Gasteiger partial charge >= 0.3 is 0 Å². The monoisotopic (exact) mass is 323 g/mol. The topological polar surface area (TPSA) is 43.1 Å². The zero-order valence-electron chi connectivity index (χ0n) is 9.49. The van der Waals surface area contributed by atoms with Gasteiger partial charge in [0.15, 0.2) is 5.78 Å². The fourth-order valence-corrected chi connectivity index (χ4v) is 2.22. The molecule has 0 unspecified atom stereocenters. The Morgan fingerprint density at radius 2 is 1.94 bits per heavy atom. The molecule has 4 heteroatoms. The molecule has 0 fully saturated rings. The Labute approximate surface area is 119 Å². The molecule has 0 heterocycles. The first-order valence-corrected chi connectivity index (χ1v) is 6.56. The highest BCUT2D eigenvalue weighted by molar-refractivity contribution is 9.10. The number of ketones is 1. The van der Waals surface area contributed by atoms with Gasteiger partial charge in [0.2, 0.25) is 0 Å². The van der Waals surface area contributed by atoms with Gasteiger partial charge in [-0.3, -0.25) is 4.79 Å². The lowest BCUT2D eigenvalue weighted by Gasteiger charge is -2.05. The minimum atomic E-state index is 0.0174. The lowest BCUT2D eigenvalue weighted by Crippen LogP contribution is -2.04. The fraction of sp³-hybridized carbons (Fsp3) is 0.0714. The second-order valence-corrected chi connectivity index (χ2v) is 5.19. The molecule has 0 spiro atoms. The number of anilines is 1. The maximum atomic E-state index is 12.1. The van der Waals surface area contributed by atoms with Crippen molar-refractivity contribution in [1.29, 1.82) is 0 Å². The molecule has 2 aromatic carbocycles. The number of rotatable bonds is 3. The van der Waals surface area contributed by atoms with Crippen LogP contribution in [0, 0.1) is 0 Å². The van der Waals surface area contributed by atoms with E-state index in [2.05, 4.69) is 15.9 Å². The third-order valence-corrected chi connectivity index (χ3v) is 3.73. The molecule has 0 aromatic heterocycles. The number of Topliss-reactive ketones (excluding diaryl/α,β-unsaturated/α-hetero) is 1. The molecule has 0 aliphatic carbocycles. The molecule has 18 heavy (non-hydrogen) atoms. The summed E-state index contributed by atoms with van der Waals surface area (Å²) in [7, 11) is 0.